The first-order chi connectivity index (χ1) is 9.36. The van der Waals surface area contributed by atoms with Crippen LogP contribution in [0.1, 0.15) is 6.92 Å². The smallest absolute Gasteiger partial charge is 0.331 e. The summed E-state index contributed by atoms with van der Waals surface area (Å²) >= 11 is 5.66. The first-order valence-electron chi connectivity index (χ1n) is 5.62. The number of carboxylic acid groups (broad SMARTS) is 1. The van der Waals surface area contributed by atoms with Crippen molar-refractivity contribution in [3.05, 3.63) is 21.6 Å². The molecule has 0 bridgehead atoms. The van der Waals surface area contributed by atoms with Crippen molar-refractivity contribution in [3.8, 4) is 0 Å². The molecule has 0 saturated carbocycles. The van der Waals surface area contributed by atoms with Crippen molar-refractivity contribution in [2.75, 3.05) is 24.7 Å². The van der Waals surface area contributed by atoms with Gasteiger partial charge in [-0.25, -0.2) is 9.78 Å². The van der Waals surface area contributed by atoms with Crippen LogP contribution in [0.5, 0.6) is 0 Å². The van der Waals surface area contributed by atoms with E-state index in [1.165, 1.54) is 11.8 Å². The zero-order chi connectivity index (χ0) is 14.9. The van der Waals surface area contributed by atoms with E-state index in [2.05, 4.69) is 9.97 Å². The number of carbonyl (C=O) groups is 1. The van der Waals surface area contributed by atoms with Crippen molar-refractivity contribution in [2.24, 2.45) is 0 Å². The molecule has 1 aliphatic heterocycles. The molecule has 0 aromatic carbocycles. The average Bonchev–Trinajstić information content (AvgIpc) is 2.38. The maximum atomic E-state index is 11.5. The number of morpholine rings is 1. The van der Waals surface area contributed by atoms with Gasteiger partial charge in [-0.2, -0.15) is 4.98 Å². The lowest BCUT2D eigenvalue weighted by molar-refractivity contribution is -0.384. The van der Waals surface area contributed by atoms with Crippen LogP contribution in [-0.4, -0.2) is 51.3 Å². The number of nitrogens with zero attached hydrogens (tertiary/aromatic N) is 4. The Morgan fingerprint density at radius 3 is 3.00 bits per heavy atom. The molecule has 0 amide bonds. The fourth-order valence-corrected chi connectivity index (χ4v) is 2.07. The number of carboxylic acids is 1. The van der Waals surface area contributed by atoms with Gasteiger partial charge in [-0.05, 0) is 18.5 Å². The molecule has 2 heterocycles. The van der Waals surface area contributed by atoms with E-state index in [4.69, 9.17) is 16.3 Å². The summed E-state index contributed by atoms with van der Waals surface area (Å²) in [4.78, 5) is 30.5. The van der Waals surface area contributed by atoms with Crippen LogP contribution in [0.3, 0.4) is 0 Å². The maximum Gasteiger partial charge on any atom is 0.331 e. The van der Waals surface area contributed by atoms with Gasteiger partial charge in [0.15, 0.2) is 5.54 Å². The van der Waals surface area contributed by atoms with E-state index in [1.54, 1.807) is 0 Å². The van der Waals surface area contributed by atoms with Gasteiger partial charge in [0.2, 0.25) is 11.1 Å². The van der Waals surface area contributed by atoms with E-state index in [9.17, 15) is 20.0 Å². The fourth-order valence-electron chi connectivity index (χ4n) is 1.94. The van der Waals surface area contributed by atoms with Crippen LogP contribution in [-0.2, 0) is 9.53 Å². The largest absolute Gasteiger partial charge is 0.479 e. The lowest BCUT2D eigenvalue weighted by Crippen LogP contribution is -2.60. The van der Waals surface area contributed by atoms with Gasteiger partial charge >= 0.3 is 11.7 Å². The Balaban J connectivity index is 2.55. The molecule has 1 N–H and O–H groups in total. The molecule has 0 radical (unpaired) electrons. The predicted octanol–water partition coefficient (Wildman–Crippen LogP) is 0.718. The number of aliphatic carboxylic acids is 1. The van der Waals surface area contributed by atoms with E-state index in [1.807, 2.05) is 0 Å². The summed E-state index contributed by atoms with van der Waals surface area (Å²) < 4.78 is 5.16. The molecule has 1 aromatic rings. The lowest BCUT2D eigenvalue weighted by Gasteiger charge is -2.41. The fraction of sp³-hybridized carbons (Fsp3) is 0.500. The first-order valence-corrected chi connectivity index (χ1v) is 6.00. The minimum Gasteiger partial charge on any atom is -0.479 e. The predicted molar refractivity (Wildman–Crippen MR) is 67.9 cm³/mol. The molecule has 20 heavy (non-hydrogen) atoms. The van der Waals surface area contributed by atoms with Gasteiger partial charge in [0.1, 0.15) is 6.20 Å². The third-order valence-electron chi connectivity index (χ3n) is 3.07. The SMILES string of the molecule is CC1(C(=O)O)COCCN1c1nc(Cl)ncc1[N+](=O)[O-]. The Morgan fingerprint density at radius 2 is 2.40 bits per heavy atom. The van der Waals surface area contributed by atoms with Crippen molar-refractivity contribution >= 4 is 29.1 Å². The van der Waals surface area contributed by atoms with Crippen molar-refractivity contribution in [2.45, 2.75) is 12.5 Å². The number of anilines is 1. The number of nitro groups is 1. The Labute approximate surface area is 118 Å². The van der Waals surface area contributed by atoms with E-state index >= 15 is 0 Å². The van der Waals surface area contributed by atoms with Crippen LogP contribution >= 0.6 is 11.6 Å². The second-order valence-electron chi connectivity index (χ2n) is 4.39. The van der Waals surface area contributed by atoms with Crippen LogP contribution in [0.15, 0.2) is 6.20 Å². The zero-order valence-electron chi connectivity index (χ0n) is 10.4. The molecular weight excluding hydrogens is 292 g/mol. The molecule has 1 fully saturated rings. The zero-order valence-corrected chi connectivity index (χ0v) is 11.2. The molecule has 108 valence electrons. The van der Waals surface area contributed by atoms with Gasteiger partial charge in [0.25, 0.3) is 0 Å². The van der Waals surface area contributed by atoms with E-state index < -0.39 is 22.1 Å². The number of hydrogen-bond acceptors (Lipinski definition) is 7. The van der Waals surface area contributed by atoms with Crippen LogP contribution in [0.4, 0.5) is 11.5 Å². The third-order valence-corrected chi connectivity index (χ3v) is 3.25. The average molecular weight is 303 g/mol. The molecule has 2 rings (SSSR count). The number of hydrogen-bond donors (Lipinski definition) is 1. The second-order valence-corrected chi connectivity index (χ2v) is 4.73. The summed E-state index contributed by atoms with van der Waals surface area (Å²) in [6.45, 7) is 1.69. The quantitative estimate of drug-likeness (QED) is 0.493. The van der Waals surface area contributed by atoms with Gasteiger partial charge in [0, 0.05) is 6.54 Å². The van der Waals surface area contributed by atoms with Crippen molar-refractivity contribution in [1.82, 2.24) is 9.97 Å². The summed E-state index contributed by atoms with van der Waals surface area (Å²) in [5.41, 5.74) is -1.86. The number of ether oxygens (including phenoxy) is 1. The van der Waals surface area contributed by atoms with Crippen LogP contribution in [0, 0.1) is 10.1 Å². The van der Waals surface area contributed by atoms with Gasteiger partial charge < -0.3 is 14.7 Å². The summed E-state index contributed by atoms with van der Waals surface area (Å²) in [6, 6.07) is 0. The lowest BCUT2D eigenvalue weighted by atomic mass is 9.99. The van der Waals surface area contributed by atoms with E-state index in [-0.39, 0.29) is 30.9 Å². The van der Waals surface area contributed by atoms with Crippen LogP contribution in [0.2, 0.25) is 5.28 Å². The molecule has 1 unspecified atom stereocenters. The van der Waals surface area contributed by atoms with E-state index in [0.717, 1.165) is 6.20 Å². The molecule has 1 aliphatic rings. The van der Waals surface area contributed by atoms with Crippen LogP contribution in [0.25, 0.3) is 0 Å². The molecule has 0 spiro atoms. The van der Waals surface area contributed by atoms with Crippen molar-refractivity contribution in [1.29, 1.82) is 0 Å². The van der Waals surface area contributed by atoms with Gasteiger partial charge in [0.05, 0.1) is 18.1 Å². The minimum absolute atomic E-state index is 0.110. The molecule has 1 saturated heterocycles. The normalized spacial score (nSPS) is 22.6. The highest BCUT2D eigenvalue weighted by Gasteiger charge is 2.45. The van der Waals surface area contributed by atoms with Gasteiger partial charge in [-0.3, -0.25) is 10.1 Å². The van der Waals surface area contributed by atoms with Gasteiger partial charge in [-0.15, -0.1) is 0 Å². The molecule has 9 nitrogen and oxygen atoms in total. The summed E-state index contributed by atoms with van der Waals surface area (Å²) in [7, 11) is 0. The molecule has 1 aromatic heterocycles. The second kappa shape index (κ2) is 5.17. The summed E-state index contributed by atoms with van der Waals surface area (Å²) in [5.74, 6) is -1.29. The standard InChI is InChI=1S/C10H11ClN4O5/c1-10(8(16)17)5-20-3-2-14(10)7-6(15(18)19)4-12-9(11)13-7/h4H,2-3,5H2,1H3,(H,16,17). The summed E-state index contributed by atoms with van der Waals surface area (Å²) in [6.07, 6.45) is 0.961. The third kappa shape index (κ3) is 2.37. The Kier molecular flexibility index (Phi) is 3.73. The highest BCUT2D eigenvalue weighted by atomic mass is 35.5. The highest BCUT2D eigenvalue weighted by molar-refractivity contribution is 6.28. The number of aromatic nitrogens is 2. The molecule has 1 atom stereocenters. The molecular formula is C10H11ClN4O5. The van der Waals surface area contributed by atoms with E-state index in [0.29, 0.717) is 0 Å². The summed E-state index contributed by atoms with van der Waals surface area (Å²) in [5, 5.41) is 20.2. The molecule has 0 aliphatic carbocycles. The monoisotopic (exact) mass is 302 g/mol. The van der Waals surface area contributed by atoms with Crippen molar-refractivity contribution in [3.63, 3.8) is 0 Å². The maximum absolute atomic E-state index is 11.5. The highest BCUT2D eigenvalue weighted by Crippen LogP contribution is 2.33. The first kappa shape index (κ1) is 14.4. The Morgan fingerprint density at radius 1 is 1.70 bits per heavy atom. The van der Waals surface area contributed by atoms with Crippen molar-refractivity contribution < 1.29 is 19.6 Å². The Hall–Kier alpha value is -2.00. The van der Waals surface area contributed by atoms with Gasteiger partial charge in [-0.1, -0.05) is 0 Å². The Bertz CT molecular complexity index is 569. The molecule has 10 heteroatoms. The minimum atomic E-state index is -1.46. The topological polar surface area (TPSA) is 119 Å². The number of rotatable bonds is 3. The van der Waals surface area contributed by atoms with Crippen LogP contribution < -0.4 is 4.90 Å². The number of halogens is 1.